The molecule has 35 heavy (non-hydrogen) atoms. The van der Waals surface area contributed by atoms with Crippen LogP contribution in [-0.2, 0) is 14.3 Å². The number of amides is 3. The molecular weight excluding hydrogens is 492 g/mol. The zero-order chi connectivity index (χ0) is 25.1. The van der Waals surface area contributed by atoms with Gasteiger partial charge in [-0.05, 0) is 66.7 Å². The fourth-order valence-electron chi connectivity index (χ4n) is 3.36. The van der Waals surface area contributed by atoms with Gasteiger partial charge in [-0.25, -0.2) is 4.79 Å². The van der Waals surface area contributed by atoms with Crippen molar-refractivity contribution in [1.82, 2.24) is 4.90 Å². The van der Waals surface area contributed by atoms with Crippen molar-refractivity contribution in [3.05, 3.63) is 81.4 Å². The van der Waals surface area contributed by atoms with Crippen LogP contribution in [0.25, 0.3) is 17.4 Å². The number of ether oxygens (including phenoxy) is 1. The fraction of sp³-hybridized carbons (Fsp3) is 0.120. The zero-order valence-corrected chi connectivity index (χ0v) is 20.2. The number of nitrogens with zero attached hydrogens (tertiary/aromatic N) is 1. The Balaban J connectivity index is 1.47. The molecule has 10 heteroatoms. The molecule has 0 spiro atoms. The monoisotopic (exact) mass is 510 g/mol. The molecular formula is C25H19ClN2O6S. The normalized spacial score (nSPS) is 14.5. The van der Waals surface area contributed by atoms with Gasteiger partial charge in [-0.3, -0.25) is 19.3 Å². The second kappa shape index (κ2) is 10.2. The van der Waals surface area contributed by atoms with E-state index in [0.29, 0.717) is 22.8 Å². The standard InChI is InChI=1S/C25H19ClN2O6S/c1-14-4-3-5-16(10-14)27-22(29)13-28-23(30)21(35-25(28)32)12-17-7-9-20(34-17)15-6-8-19(26)18(11-15)24(31)33-2/h3-12H,13H2,1-2H3,(H,27,29)/b21-12+. The molecule has 0 radical (unpaired) electrons. The van der Waals surface area contributed by atoms with Crippen molar-refractivity contribution >= 4 is 58.1 Å². The summed E-state index contributed by atoms with van der Waals surface area (Å²) in [6.07, 6.45) is 1.43. The van der Waals surface area contributed by atoms with E-state index in [1.807, 2.05) is 13.0 Å². The highest BCUT2D eigenvalue weighted by atomic mass is 35.5. The number of aryl methyl sites for hydroxylation is 1. The van der Waals surface area contributed by atoms with Crippen LogP contribution >= 0.6 is 23.4 Å². The van der Waals surface area contributed by atoms with Crippen LogP contribution in [0.2, 0.25) is 5.02 Å². The van der Waals surface area contributed by atoms with Crippen LogP contribution in [0.5, 0.6) is 0 Å². The van der Waals surface area contributed by atoms with Crippen LogP contribution in [0.15, 0.2) is 63.9 Å². The lowest BCUT2D eigenvalue weighted by molar-refractivity contribution is -0.127. The topological polar surface area (TPSA) is 106 Å². The van der Waals surface area contributed by atoms with Crippen molar-refractivity contribution in [2.75, 3.05) is 19.0 Å². The summed E-state index contributed by atoms with van der Waals surface area (Å²) in [5.41, 5.74) is 2.32. The van der Waals surface area contributed by atoms with E-state index in [1.165, 1.54) is 19.3 Å². The minimum atomic E-state index is -0.586. The highest BCUT2D eigenvalue weighted by molar-refractivity contribution is 8.18. The number of anilines is 1. The minimum Gasteiger partial charge on any atom is -0.465 e. The molecule has 2 heterocycles. The molecule has 1 N–H and O–H groups in total. The van der Waals surface area contributed by atoms with Gasteiger partial charge in [0.05, 0.1) is 22.6 Å². The second-order valence-corrected chi connectivity index (χ2v) is 8.97. The summed E-state index contributed by atoms with van der Waals surface area (Å²) >= 11 is 6.78. The SMILES string of the molecule is COC(=O)c1cc(-c2ccc(/C=C3/SC(=O)N(CC(=O)Nc4cccc(C)c4)C3=O)o2)ccc1Cl. The van der Waals surface area contributed by atoms with Crippen molar-refractivity contribution in [1.29, 1.82) is 0 Å². The molecule has 178 valence electrons. The first-order valence-electron chi connectivity index (χ1n) is 10.3. The van der Waals surface area contributed by atoms with Crippen molar-refractivity contribution in [3.8, 4) is 11.3 Å². The van der Waals surface area contributed by atoms with Gasteiger partial charge in [0.2, 0.25) is 5.91 Å². The van der Waals surface area contributed by atoms with E-state index in [0.717, 1.165) is 22.2 Å². The van der Waals surface area contributed by atoms with Crippen molar-refractivity contribution in [2.45, 2.75) is 6.92 Å². The third-order valence-electron chi connectivity index (χ3n) is 5.03. The lowest BCUT2D eigenvalue weighted by Crippen LogP contribution is -2.36. The summed E-state index contributed by atoms with van der Waals surface area (Å²) in [4.78, 5) is 50.4. The average Bonchev–Trinajstić information content (AvgIpc) is 3.39. The Morgan fingerprint density at radius 1 is 1.14 bits per heavy atom. The van der Waals surface area contributed by atoms with E-state index < -0.39 is 29.6 Å². The number of rotatable bonds is 6. The number of carbonyl (C=O) groups excluding carboxylic acids is 4. The van der Waals surface area contributed by atoms with Crippen molar-refractivity contribution in [2.24, 2.45) is 0 Å². The number of nitrogens with one attached hydrogen (secondary N) is 1. The van der Waals surface area contributed by atoms with Crippen molar-refractivity contribution < 1.29 is 28.3 Å². The number of carbonyl (C=O) groups is 4. The number of esters is 1. The molecule has 8 nitrogen and oxygen atoms in total. The van der Waals surface area contributed by atoms with Crippen LogP contribution in [-0.4, -0.2) is 41.6 Å². The zero-order valence-electron chi connectivity index (χ0n) is 18.7. The molecule has 0 saturated carbocycles. The molecule has 3 aromatic rings. The summed E-state index contributed by atoms with van der Waals surface area (Å²) in [5.74, 6) is -0.900. The quantitative estimate of drug-likeness (QED) is 0.351. The summed E-state index contributed by atoms with van der Waals surface area (Å²) in [5, 5.41) is 2.38. The Morgan fingerprint density at radius 2 is 1.94 bits per heavy atom. The number of halogens is 1. The van der Waals surface area contributed by atoms with E-state index in [1.54, 1.807) is 42.5 Å². The molecule has 1 aliphatic rings. The van der Waals surface area contributed by atoms with Crippen LogP contribution in [0, 0.1) is 6.92 Å². The number of thioether (sulfide) groups is 1. The molecule has 1 aromatic heterocycles. The molecule has 3 amide bonds. The highest BCUT2D eigenvalue weighted by Gasteiger charge is 2.36. The van der Waals surface area contributed by atoms with Gasteiger partial charge in [-0.15, -0.1) is 0 Å². The predicted molar refractivity (Wildman–Crippen MR) is 133 cm³/mol. The van der Waals surface area contributed by atoms with Gasteiger partial charge in [0, 0.05) is 17.3 Å². The van der Waals surface area contributed by atoms with Gasteiger partial charge in [0.15, 0.2) is 0 Å². The van der Waals surface area contributed by atoms with E-state index in [9.17, 15) is 19.2 Å². The van der Waals surface area contributed by atoms with Gasteiger partial charge in [0.1, 0.15) is 18.1 Å². The van der Waals surface area contributed by atoms with Crippen LogP contribution < -0.4 is 5.32 Å². The Kier molecular flexibility index (Phi) is 7.09. The third kappa shape index (κ3) is 5.47. The smallest absolute Gasteiger partial charge is 0.339 e. The van der Waals surface area contributed by atoms with E-state index in [4.69, 9.17) is 20.8 Å². The van der Waals surface area contributed by atoms with E-state index >= 15 is 0 Å². The van der Waals surface area contributed by atoms with Crippen LogP contribution in [0.4, 0.5) is 10.5 Å². The molecule has 2 aromatic carbocycles. The Labute approximate surface area is 209 Å². The highest BCUT2D eigenvalue weighted by Crippen LogP contribution is 2.34. The van der Waals surface area contributed by atoms with Gasteiger partial charge >= 0.3 is 5.97 Å². The number of benzene rings is 2. The molecule has 4 rings (SSSR count). The first-order valence-corrected chi connectivity index (χ1v) is 11.5. The summed E-state index contributed by atoms with van der Waals surface area (Å²) in [6, 6.07) is 15.3. The lowest BCUT2D eigenvalue weighted by Gasteiger charge is -2.12. The third-order valence-corrected chi connectivity index (χ3v) is 6.27. The van der Waals surface area contributed by atoms with Gasteiger partial charge < -0.3 is 14.5 Å². The molecule has 0 aliphatic carbocycles. The van der Waals surface area contributed by atoms with E-state index in [-0.39, 0.29) is 15.5 Å². The molecule has 0 bridgehead atoms. The number of furan rings is 1. The number of imide groups is 1. The van der Waals surface area contributed by atoms with Gasteiger partial charge in [0.25, 0.3) is 11.1 Å². The molecule has 0 atom stereocenters. The maximum Gasteiger partial charge on any atom is 0.339 e. The average molecular weight is 511 g/mol. The first kappa shape index (κ1) is 24.3. The van der Waals surface area contributed by atoms with Gasteiger partial charge in [-0.2, -0.15) is 0 Å². The second-order valence-electron chi connectivity index (χ2n) is 7.57. The Bertz CT molecular complexity index is 1380. The molecule has 1 aliphatic heterocycles. The van der Waals surface area contributed by atoms with Crippen LogP contribution in [0.1, 0.15) is 21.7 Å². The largest absolute Gasteiger partial charge is 0.465 e. The molecule has 1 fully saturated rings. The van der Waals surface area contributed by atoms with E-state index in [2.05, 4.69) is 5.32 Å². The maximum absolute atomic E-state index is 12.8. The summed E-state index contributed by atoms with van der Waals surface area (Å²) in [6.45, 7) is 1.49. The fourth-order valence-corrected chi connectivity index (χ4v) is 4.38. The first-order chi connectivity index (χ1) is 16.7. The molecule has 0 unspecified atom stereocenters. The molecule has 1 saturated heterocycles. The number of hydrogen-bond acceptors (Lipinski definition) is 7. The predicted octanol–water partition coefficient (Wildman–Crippen LogP) is 5.37. The number of hydrogen-bond donors (Lipinski definition) is 1. The van der Waals surface area contributed by atoms with Crippen molar-refractivity contribution in [3.63, 3.8) is 0 Å². The minimum absolute atomic E-state index is 0.130. The van der Waals surface area contributed by atoms with Gasteiger partial charge in [-0.1, -0.05) is 23.7 Å². The lowest BCUT2D eigenvalue weighted by atomic mass is 10.1. The Morgan fingerprint density at radius 3 is 2.69 bits per heavy atom. The summed E-state index contributed by atoms with van der Waals surface area (Å²) < 4.78 is 10.5. The Hall–Kier alpha value is -3.82. The van der Waals surface area contributed by atoms with Crippen LogP contribution in [0.3, 0.4) is 0 Å². The number of methoxy groups -OCH3 is 1. The maximum atomic E-state index is 12.8. The summed E-state index contributed by atoms with van der Waals surface area (Å²) in [7, 11) is 1.26.